The summed E-state index contributed by atoms with van der Waals surface area (Å²) in [6.07, 6.45) is -1.34. The van der Waals surface area contributed by atoms with Gasteiger partial charge in [-0.05, 0) is 0 Å². The summed E-state index contributed by atoms with van der Waals surface area (Å²) in [5.74, 6) is 0.0614. The predicted molar refractivity (Wildman–Crippen MR) is 60.8 cm³/mol. The third-order valence-corrected chi connectivity index (χ3v) is 2.26. The first kappa shape index (κ1) is 12.2. The van der Waals surface area contributed by atoms with E-state index >= 15 is 0 Å². The van der Waals surface area contributed by atoms with Crippen molar-refractivity contribution in [3.8, 4) is 0 Å². The number of hydrogen-bond donors (Lipinski definition) is 8. The molecule has 0 saturated heterocycles. The predicted octanol–water partition coefficient (Wildman–Crippen LogP) is -3.61. The molecule has 0 bridgehead atoms. The van der Waals surface area contributed by atoms with Crippen LogP contribution < -0.4 is 32.9 Å². The van der Waals surface area contributed by atoms with E-state index in [4.69, 9.17) is 5.73 Å². The summed E-state index contributed by atoms with van der Waals surface area (Å²) in [5, 5.41) is 26.1. The van der Waals surface area contributed by atoms with Crippen molar-refractivity contribution >= 4 is 5.69 Å². The molecule has 0 aliphatic carbocycles. The maximum absolute atomic E-state index is 11.4. The van der Waals surface area contributed by atoms with Crippen LogP contribution in [0.25, 0.3) is 0 Å². The van der Waals surface area contributed by atoms with E-state index in [1.807, 2.05) is 4.98 Å². The molecule has 2 heterocycles. The normalized spacial score (nSPS) is 23.7. The Morgan fingerprint density at radius 1 is 1.33 bits per heavy atom. The Labute approximate surface area is 99.5 Å². The molecule has 2 rings (SSSR count). The summed E-state index contributed by atoms with van der Waals surface area (Å²) in [5.41, 5.74) is 4.21. The Hall–Kier alpha value is -2.30. The van der Waals surface area contributed by atoms with Crippen LogP contribution in [0.2, 0.25) is 0 Å². The van der Waals surface area contributed by atoms with Gasteiger partial charge in [0.2, 0.25) is 0 Å². The van der Waals surface area contributed by atoms with Gasteiger partial charge in [0.1, 0.15) is 11.5 Å². The van der Waals surface area contributed by atoms with Crippen molar-refractivity contribution in [2.45, 2.75) is 12.6 Å². The highest BCUT2D eigenvalue weighted by molar-refractivity contribution is 5.45. The lowest BCUT2D eigenvalue weighted by Crippen LogP contribution is -2.55. The molecule has 0 radical (unpaired) electrons. The van der Waals surface area contributed by atoms with Crippen LogP contribution in [0.3, 0.4) is 0 Å². The van der Waals surface area contributed by atoms with E-state index in [0.29, 0.717) is 0 Å². The van der Waals surface area contributed by atoms with Gasteiger partial charge in [-0.3, -0.25) is 9.78 Å². The zero-order chi connectivity index (χ0) is 13.3. The number of nitrogens with two attached hydrogens (primary N) is 1. The van der Waals surface area contributed by atoms with Gasteiger partial charge in [0, 0.05) is 6.20 Å². The molecule has 10 nitrogen and oxygen atoms in total. The van der Waals surface area contributed by atoms with Gasteiger partial charge < -0.3 is 31.6 Å². The van der Waals surface area contributed by atoms with Gasteiger partial charge in [-0.2, -0.15) is 0 Å². The van der Waals surface area contributed by atoms with Crippen molar-refractivity contribution in [3.63, 3.8) is 0 Å². The molecule has 0 spiro atoms. The lowest BCUT2D eigenvalue weighted by Gasteiger charge is -2.29. The molecular formula is C8H12N6O4. The van der Waals surface area contributed by atoms with Crippen LogP contribution in [0.15, 0.2) is 27.3 Å². The first-order valence-corrected chi connectivity index (χ1v) is 4.95. The van der Waals surface area contributed by atoms with E-state index in [1.165, 1.54) is 0 Å². The highest BCUT2D eigenvalue weighted by Gasteiger charge is 2.23. The Bertz CT molecular complexity index is 590. The van der Waals surface area contributed by atoms with E-state index < -0.39 is 23.8 Å². The Morgan fingerprint density at radius 2 is 2.06 bits per heavy atom. The number of aromatic nitrogens is 2. The molecule has 18 heavy (non-hydrogen) atoms. The molecule has 98 valence electrons. The van der Waals surface area contributed by atoms with Gasteiger partial charge in [-0.15, -0.1) is 0 Å². The molecule has 2 unspecified atom stereocenters. The van der Waals surface area contributed by atoms with Crippen LogP contribution in [0, 0.1) is 0 Å². The Balaban J connectivity index is 2.30. The summed E-state index contributed by atoms with van der Waals surface area (Å²) in [6.45, 7) is 0. The number of anilines is 1. The van der Waals surface area contributed by atoms with Crippen LogP contribution in [-0.2, 0) is 0 Å². The summed E-state index contributed by atoms with van der Waals surface area (Å²) < 4.78 is 0. The van der Waals surface area contributed by atoms with Crippen LogP contribution in [0.5, 0.6) is 0 Å². The lowest BCUT2D eigenvalue weighted by molar-refractivity contribution is 0.0317. The van der Waals surface area contributed by atoms with Gasteiger partial charge in [0.25, 0.3) is 5.56 Å². The summed E-state index contributed by atoms with van der Waals surface area (Å²) >= 11 is 0. The van der Waals surface area contributed by atoms with Crippen LogP contribution in [0.4, 0.5) is 5.69 Å². The molecule has 0 amide bonds. The van der Waals surface area contributed by atoms with Gasteiger partial charge in [0.15, 0.2) is 12.6 Å². The van der Waals surface area contributed by atoms with E-state index in [1.54, 1.807) is 0 Å². The SMILES string of the molecule is NC1=C(Nc2c[nH]c(=O)[nH]c2=O)NC(O)NC1O. The summed E-state index contributed by atoms with van der Waals surface area (Å²) in [6, 6.07) is 0. The van der Waals surface area contributed by atoms with Crippen molar-refractivity contribution in [3.05, 3.63) is 38.6 Å². The lowest BCUT2D eigenvalue weighted by atomic mass is 10.3. The molecule has 1 aliphatic rings. The zero-order valence-corrected chi connectivity index (χ0v) is 9.02. The van der Waals surface area contributed by atoms with E-state index in [-0.39, 0.29) is 17.2 Å². The smallest absolute Gasteiger partial charge is 0.325 e. The second-order valence-corrected chi connectivity index (χ2v) is 3.56. The number of aliphatic hydroxyl groups is 2. The second kappa shape index (κ2) is 4.52. The quantitative estimate of drug-likeness (QED) is 0.268. The fourth-order valence-electron chi connectivity index (χ4n) is 1.38. The minimum absolute atomic E-state index is 0.00125. The van der Waals surface area contributed by atoms with Crippen molar-refractivity contribution < 1.29 is 10.2 Å². The molecule has 9 N–H and O–H groups in total. The van der Waals surface area contributed by atoms with Gasteiger partial charge in [-0.1, -0.05) is 0 Å². The molecule has 2 atom stereocenters. The second-order valence-electron chi connectivity index (χ2n) is 3.56. The molecule has 1 aliphatic heterocycles. The van der Waals surface area contributed by atoms with Gasteiger partial charge in [0.05, 0.1) is 5.70 Å². The molecule has 1 aromatic heterocycles. The maximum Gasteiger partial charge on any atom is 0.325 e. The van der Waals surface area contributed by atoms with Gasteiger partial charge in [-0.25, -0.2) is 10.1 Å². The highest BCUT2D eigenvalue weighted by atomic mass is 16.3. The van der Waals surface area contributed by atoms with E-state index in [9.17, 15) is 19.8 Å². The number of nitrogens with one attached hydrogen (secondary N) is 5. The van der Waals surface area contributed by atoms with Crippen LogP contribution in [0.1, 0.15) is 0 Å². The number of H-pyrrole nitrogens is 2. The average molecular weight is 256 g/mol. The van der Waals surface area contributed by atoms with Crippen molar-refractivity contribution in [2.24, 2.45) is 5.73 Å². The monoisotopic (exact) mass is 256 g/mol. The van der Waals surface area contributed by atoms with E-state index in [0.717, 1.165) is 6.20 Å². The van der Waals surface area contributed by atoms with E-state index in [2.05, 4.69) is 20.9 Å². The Kier molecular flexibility index (Phi) is 3.06. The molecule has 0 aromatic carbocycles. The Morgan fingerprint density at radius 3 is 2.72 bits per heavy atom. The highest BCUT2D eigenvalue weighted by Crippen LogP contribution is 2.07. The number of hydrogen-bond acceptors (Lipinski definition) is 8. The number of rotatable bonds is 2. The number of aromatic amines is 2. The van der Waals surface area contributed by atoms with Crippen molar-refractivity contribution in [2.75, 3.05) is 5.32 Å². The van der Waals surface area contributed by atoms with Crippen molar-refractivity contribution in [1.82, 2.24) is 20.6 Å². The summed E-state index contributed by atoms with van der Waals surface area (Å²) in [4.78, 5) is 26.5. The largest absolute Gasteiger partial charge is 0.396 e. The average Bonchev–Trinajstić information content (AvgIpc) is 2.29. The molecule has 1 aromatic rings. The molecule has 10 heteroatoms. The number of aliphatic hydroxyl groups excluding tert-OH is 2. The van der Waals surface area contributed by atoms with Crippen LogP contribution in [-0.4, -0.2) is 32.8 Å². The first-order chi connectivity index (χ1) is 8.47. The molecule has 0 fully saturated rings. The van der Waals surface area contributed by atoms with Gasteiger partial charge >= 0.3 is 5.69 Å². The topological polar surface area (TPSA) is 168 Å². The standard InChI is InChI=1S/C8H12N6O4/c9-3-4(12-8(18)14-6(3)16)11-2-1-10-7(17)13-5(2)15/h1,6,8,11-12,14,16,18H,9H2,(H2,10,13,15,17). The van der Waals surface area contributed by atoms with Crippen molar-refractivity contribution in [1.29, 1.82) is 0 Å². The minimum atomic E-state index is -1.26. The first-order valence-electron chi connectivity index (χ1n) is 4.95. The fraction of sp³-hybridized carbons (Fsp3) is 0.250. The molecular weight excluding hydrogens is 244 g/mol. The third-order valence-electron chi connectivity index (χ3n) is 2.26. The fourth-order valence-corrected chi connectivity index (χ4v) is 1.38. The maximum atomic E-state index is 11.4. The summed E-state index contributed by atoms with van der Waals surface area (Å²) in [7, 11) is 0. The van der Waals surface area contributed by atoms with Crippen LogP contribution >= 0.6 is 0 Å². The minimum Gasteiger partial charge on any atom is -0.396 e. The third kappa shape index (κ3) is 2.34. The molecule has 0 saturated carbocycles. The zero-order valence-electron chi connectivity index (χ0n) is 9.02.